The number of hydrogen-bond donors (Lipinski definition) is 2. The minimum Gasteiger partial charge on any atom is -0.472 e. The van der Waals surface area contributed by atoms with Gasteiger partial charge in [-0.2, -0.15) is 0 Å². The van der Waals surface area contributed by atoms with Gasteiger partial charge >= 0.3 is 6.09 Å². The number of rotatable bonds is 6. The molecule has 1 atom stereocenters. The lowest BCUT2D eigenvalue weighted by Gasteiger charge is -2.27. The molecule has 0 aliphatic rings. The highest BCUT2D eigenvalue weighted by Crippen LogP contribution is 2.08. The molecule has 0 aliphatic heterocycles. The summed E-state index contributed by atoms with van der Waals surface area (Å²) in [5, 5.41) is 2.74. The van der Waals surface area contributed by atoms with Crippen molar-refractivity contribution >= 4 is 6.09 Å². The molecule has 114 valence electrons. The molecule has 1 heterocycles. The van der Waals surface area contributed by atoms with Crippen LogP contribution in [0.25, 0.3) is 0 Å². The molecule has 1 amide bonds. The second-order valence-corrected chi connectivity index (χ2v) is 5.82. The Bertz CT molecular complexity index is 398. The summed E-state index contributed by atoms with van der Waals surface area (Å²) in [6.07, 6.45) is 2.91. The summed E-state index contributed by atoms with van der Waals surface area (Å²) in [6.45, 7) is 7.10. The van der Waals surface area contributed by atoms with Gasteiger partial charge in [0.05, 0.1) is 12.5 Å². The van der Waals surface area contributed by atoms with Crippen molar-refractivity contribution in [3.8, 4) is 0 Å². The van der Waals surface area contributed by atoms with Crippen LogP contribution in [-0.2, 0) is 11.3 Å². The van der Waals surface area contributed by atoms with E-state index < -0.39 is 11.7 Å². The Morgan fingerprint density at radius 2 is 2.25 bits per heavy atom. The SMILES string of the molecule is CN(Cc1ccoc1)C(CN)CNC(=O)OC(C)(C)C. The number of carbonyl (C=O) groups excluding carboxylic acids is 1. The van der Waals surface area contributed by atoms with E-state index >= 15 is 0 Å². The zero-order chi connectivity index (χ0) is 15.2. The molecule has 0 fully saturated rings. The summed E-state index contributed by atoms with van der Waals surface area (Å²) in [6, 6.07) is 1.95. The Kier molecular flexibility index (Phi) is 6.04. The summed E-state index contributed by atoms with van der Waals surface area (Å²) in [5.41, 5.74) is 6.34. The molecule has 6 nitrogen and oxygen atoms in total. The van der Waals surface area contributed by atoms with Crippen molar-refractivity contribution in [2.45, 2.75) is 39.0 Å². The summed E-state index contributed by atoms with van der Waals surface area (Å²) < 4.78 is 10.2. The number of ether oxygens (including phenoxy) is 1. The quantitative estimate of drug-likeness (QED) is 0.828. The highest BCUT2D eigenvalue weighted by Gasteiger charge is 2.19. The molecule has 1 aromatic rings. The van der Waals surface area contributed by atoms with E-state index in [0.717, 1.165) is 5.56 Å². The monoisotopic (exact) mass is 283 g/mol. The van der Waals surface area contributed by atoms with Crippen molar-refractivity contribution in [1.82, 2.24) is 10.2 Å². The van der Waals surface area contributed by atoms with E-state index in [-0.39, 0.29) is 6.04 Å². The fourth-order valence-corrected chi connectivity index (χ4v) is 1.73. The maximum absolute atomic E-state index is 11.6. The molecule has 0 radical (unpaired) electrons. The van der Waals surface area contributed by atoms with Gasteiger partial charge in [-0.1, -0.05) is 0 Å². The van der Waals surface area contributed by atoms with E-state index in [1.54, 1.807) is 12.5 Å². The smallest absolute Gasteiger partial charge is 0.407 e. The van der Waals surface area contributed by atoms with Gasteiger partial charge in [-0.25, -0.2) is 4.79 Å². The van der Waals surface area contributed by atoms with E-state index in [0.29, 0.717) is 19.6 Å². The zero-order valence-electron chi connectivity index (χ0n) is 12.7. The van der Waals surface area contributed by atoms with Crippen LogP contribution in [0.4, 0.5) is 4.79 Å². The standard InChI is InChI=1S/C14H25N3O3/c1-14(2,3)20-13(18)16-8-12(7-15)17(4)9-11-5-6-19-10-11/h5-6,10,12H,7-9,15H2,1-4H3,(H,16,18). The van der Waals surface area contributed by atoms with Gasteiger partial charge in [-0.3, -0.25) is 4.90 Å². The summed E-state index contributed by atoms with van der Waals surface area (Å²) in [5.74, 6) is 0. The molecule has 0 spiro atoms. The van der Waals surface area contributed by atoms with Gasteiger partial charge in [0, 0.05) is 31.2 Å². The van der Waals surface area contributed by atoms with Crippen molar-refractivity contribution < 1.29 is 13.9 Å². The van der Waals surface area contributed by atoms with Gasteiger partial charge in [0.25, 0.3) is 0 Å². The summed E-state index contributed by atoms with van der Waals surface area (Å²) in [4.78, 5) is 13.7. The van der Waals surface area contributed by atoms with Gasteiger partial charge in [0.2, 0.25) is 0 Å². The summed E-state index contributed by atoms with van der Waals surface area (Å²) >= 11 is 0. The van der Waals surface area contributed by atoms with Crippen molar-refractivity contribution in [3.63, 3.8) is 0 Å². The molecule has 0 saturated heterocycles. The van der Waals surface area contributed by atoms with Crippen molar-refractivity contribution in [2.24, 2.45) is 5.73 Å². The zero-order valence-corrected chi connectivity index (χ0v) is 12.7. The molecule has 1 rings (SSSR count). The molecular weight excluding hydrogens is 258 g/mol. The van der Waals surface area contributed by atoms with Crippen LogP contribution < -0.4 is 11.1 Å². The van der Waals surface area contributed by atoms with Crippen molar-refractivity contribution in [1.29, 1.82) is 0 Å². The van der Waals surface area contributed by atoms with Crippen LogP contribution in [0.2, 0.25) is 0 Å². The fraction of sp³-hybridized carbons (Fsp3) is 0.643. The Labute approximate surface area is 120 Å². The maximum atomic E-state index is 11.6. The lowest BCUT2D eigenvalue weighted by atomic mass is 10.2. The van der Waals surface area contributed by atoms with Gasteiger partial charge < -0.3 is 20.2 Å². The normalized spacial score (nSPS) is 13.3. The van der Waals surface area contributed by atoms with Crippen molar-refractivity contribution in [3.05, 3.63) is 24.2 Å². The van der Waals surface area contributed by atoms with Gasteiger partial charge in [-0.05, 0) is 33.9 Å². The van der Waals surface area contributed by atoms with E-state index in [4.69, 9.17) is 14.9 Å². The fourth-order valence-electron chi connectivity index (χ4n) is 1.73. The van der Waals surface area contributed by atoms with Crippen LogP contribution in [0.1, 0.15) is 26.3 Å². The van der Waals surface area contributed by atoms with Crippen LogP contribution >= 0.6 is 0 Å². The molecule has 3 N–H and O–H groups in total. The number of carbonyl (C=O) groups is 1. The Balaban J connectivity index is 2.40. The number of nitrogens with one attached hydrogen (secondary N) is 1. The first-order valence-electron chi connectivity index (χ1n) is 6.70. The molecule has 1 unspecified atom stereocenters. The third-order valence-corrected chi connectivity index (χ3v) is 2.79. The van der Waals surface area contributed by atoms with Crippen LogP contribution in [0.5, 0.6) is 0 Å². The molecule has 1 aromatic heterocycles. The maximum Gasteiger partial charge on any atom is 0.407 e. The van der Waals surface area contributed by atoms with Crippen molar-refractivity contribution in [2.75, 3.05) is 20.1 Å². The van der Waals surface area contributed by atoms with Crippen LogP contribution in [0.15, 0.2) is 23.0 Å². The molecular formula is C14H25N3O3. The molecule has 0 aromatic carbocycles. The molecule has 0 bridgehead atoms. The molecule has 6 heteroatoms. The summed E-state index contributed by atoms with van der Waals surface area (Å²) in [7, 11) is 1.96. The number of amides is 1. The third kappa shape index (κ3) is 6.08. The lowest BCUT2D eigenvalue weighted by Crippen LogP contribution is -2.46. The van der Waals surface area contributed by atoms with E-state index in [2.05, 4.69) is 10.2 Å². The van der Waals surface area contributed by atoms with Gasteiger partial charge in [0.15, 0.2) is 0 Å². The predicted octanol–water partition coefficient (Wildman–Crippen LogP) is 1.56. The number of nitrogens with zero attached hydrogens (tertiary/aromatic N) is 1. The number of alkyl carbamates (subject to hydrolysis) is 1. The first-order chi connectivity index (χ1) is 9.31. The topological polar surface area (TPSA) is 80.7 Å². The number of furan rings is 1. The molecule has 0 saturated carbocycles. The average molecular weight is 283 g/mol. The van der Waals surface area contributed by atoms with Gasteiger partial charge in [0.1, 0.15) is 5.60 Å². The highest BCUT2D eigenvalue weighted by molar-refractivity contribution is 5.67. The lowest BCUT2D eigenvalue weighted by molar-refractivity contribution is 0.0511. The number of likely N-dealkylation sites (N-methyl/N-ethyl adjacent to an activating group) is 1. The molecule has 20 heavy (non-hydrogen) atoms. The Hall–Kier alpha value is -1.53. The van der Waals surface area contributed by atoms with Crippen LogP contribution in [0, 0.1) is 0 Å². The minimum absolute atomic E-state index is 0.0393. The van der Waals surface area contributed by atoms with E-state index in [1.807, 2.05) is 33.9 Å². The van der Waals surface area contributed by atoms with Gasteiger partial charge in [-0.15, -0.1) is 0 Å². The van der Waals surface area contributed by atoms with Crippen LogP contribution in [0.3, 0.4) is 0 Å². The first-order valence-corrected chi connectivity index (χ1v) is 6.70. The second kappa shape index (κ2) is 7.31. The number of nitrogens with two attached hydrogens (primary N) is 1. The van der Waals surface area contributed by atoms with Crippen LogP contribution in [-0.4, -0.2) is 42.8 Å². The Morgan fingerprint density at radius 3 is 2.75 bits per heavy atom. The van der Waals surface area contributed by atoms with E-state index in [1.165, 1.54) is 0 Å². The first kappa shape index (κ1) is 16.5. The molecule has 0 aliphatic carbocycles. The Morgan fingerprint density at radius 1 is 1.55 bits per heavy atom. The predicted molar refractivity (Wildman–Crippen MR) is 77.3 cm³/mol. The highest BCUT2D eigenvalue weighted by atomic mass is 16.6. The number of hydrogen-bond acceptors (Lipinski definition) is 5. The second-order valence-electron chi connectivity index (χ2n) is 5.82. The largest absolute Gasteiger partial charge is 0.472 e. The third-order valence-electron chi connectivity index (χ3n) is 2.79. The average Bonchev–Trinajstić information content (AvgIpc) is 2.80. The minimum atomic E-state index is -0.495. The van der Waals surface area contributed by atoms with E-state index in [9.17, 15) is 4.79 Å².